The van der Waals surface area contributed by atoms with Crippen molar-refractivity contribution in [1.82, 2.24) is 126 Å². The Kier molecular flexibility index (Phi) is 34.0. The van der Waals surface area contributed by atoms with Crippen molar-refractivity contribution in [2.24, 2.45) is 0 Å². The first-order valence-corrected chi connectivity index (χ1v) is 50.5. The molecule has 140 heavy (non-hydrogen) atoms. The fourth-order valence-electron chi connectivity index (χ4n) is 17.9. The van der Waals surface area contributed by atoms with Gasteiger partial charge in [0.1, 0.15) is 57.2 Å². The van der Waals surface area contributed by atoms with Gasteiger partial charge in [-0.1, -0.05) is 123 Å². The summed E-state index contributed by atoms with van der Waals surface area (Å²) in [5, 5.41) is 60.4. The number of para-hydroxylation sites is 1. The molecule has 5 fully saturated rings. The van der Waals surface area contributed by atoms with Gasteiger partial charge in [0.05, 0.1) is 102 Å². The number of pyridine rings is 5. The molecule has 0 unspecified atom stereocenters. The van der Waals surface area contributed by atoms with E-state index in [9.17, 15) is 13.2 Å². The molecule has 0 bridgehead atoms. The van der Waals surface area contributed by atoms with Crippen LogP contribution >= 0.6 is 63.7 Å². The lowest BCUT2D eigenvalue weighted by molar-refractivity contribution is -0.137. The maximum Gasteiger partial charge on any atom is 0.416 e. The molecule has 5 aliphatic rings. The van der Waals surface area contributed by atoms with Crippen molar-refractivity contribution in [3.8, 4) is 115 Å². The van der Waals surface area contributed by atoms with Gasteiger partial charge in [-0.2, -0.15) is 13.2 Å². The van der Waals surface area contributed by atoms with Gasteiger partial charge in [0.2, 0.25) is 29.4 Å². The zero-order valence-corrected chi connectivity index (χ0v) is 86.4. The van der Waals surface area contributed by atoms with Crippen LogP contribution in [0.3, 0.4) is 0 Å². The highest BCUT2D eigenvalue weighted by Crippen LogP contribution is 2.42. The Morgan fingerprint density at radius 3 is 1.00 bits per heavy atom. The monoisotopic (exact) mass is 2150 g/mol. The number of nitrogens with one attached hydrogen (secondary N) is 5. The van der Waals surface area contributed by atoms with Crippen LogP contribution in [0.1, 0.15) is 176 Å². The van der Waals surface area contributed by atoms with Crippen LogP contribution in [0.4, 0.5) is 13.2 Å². The lowest BCUT2D eigenvalue weighted by atomic mass is 9.97. The van der Waals surface area contributed by atoms with E-state index < -0.39 is 11.7 Å². The van der Waals surface area contributed by atoms with E-state index in [1.165, 1.54) is 5.56 Å². The van der Waals surface area contributed by atoms with E-state index in [2.05, 4.69) is 174 Å². The summed E-state index contributed by atoms with van der Waals surface area (Å²) < 4.78 is 83.0. The largest absolute Gasteiger partial charge is 0.439 e. The van der Waals surface area contributed by atoms with Gasteiger partial charge in [-0.05, 0) is 358 Å². The highest BCUT2D eigenvalue weighted by atomic mass is 79.9. The van der Waals surface area contributed by atoms with E-state index in [1.807, 2.05) is 217 Å². The number of aromatic nitrogens is 20. The van der Waals surface area contributed by atoms with Gasteiger partial charge in [0.15, 0.2) is 0 Å². The highest BCUT2D eigenvalue weighted by molar-refractivity contribution is 9.13. The van der Waals surface area contributed by atoms with E-state index in [0.717, 1.165) is 268 Å². The Morgan fingerprint density at radius 2 is 0.643 bits per heavy atom. The molecular formula is C103H114Br4F3N25O5. The smallest absolute Gasteiger partial charge is 0.416 e. The molecule has 10 aromatic heterocycles. The highest BCUT2D eigenvalue weighted by Gasteiger charge is 2.34. The van der Waals surface area contributed by atoms with E-state index >= 15 is 0 Å². The molecule has 5 aromatic carbocycles. The van der Waals surface area contributed by atoms with Crippen LogP contribution in [0.5, 0.6) is 58.1 Å². The molecule has 0 atom stereocenters. The third-order valence-corrected chi connectivity index (χ3v) is 28.2. The minimum absolute atomic E-state index is 0.0914. The van der Waals surface area contributed by atoms with Gasteiger partial charge in [-0.15, -0.1) is 25.5 Å². The van der Waals surface area contributed by atoms with Crippen molar-refractivity contribution in [3.05, 3.63) is 262 Å². The molecule has 0 amide bonds. The molecule has 30 nitrogen and oxygen atoms in total. The Hall–Kier alpha value is -11.9. The topological polar surface area (TPSA) is 324 Å². The van der Waals surface area contributed by atoms with E-state index in [-0.39, 0.29) is 17.7 Å². The Bertz CT molecular complexity index is 6610. The zero-order valence-electron chi connectivity index (χ0n) is 80.1. The minimum Gasteiger partial charge on any atom is -0.439 e. The molecule has 730 valence electrons. The number of alkyl halides is 3. The fraction of sp³-hybridized carbons (Fsp3) is 0.369. The number of aryl methyl sites for hydroxylation is 8. The summed E-state index contributed by atoms with van der Waals surface area (Å²) >= 11 is 14.0. The summed E-state index contributed by atoms with van der Waals surface area (Å²) in [5.74, 6) is 6.11. The molecule has 20 rings (SSSR count). The van der Waals surface area contributed by atoms with Crippen LogP contribution in [0.25, 0.3) is 56.9 Å². The van der Waals surface area contributed by atoms with Crippen molar-refractivity contribution in [3.63, 3.8) is 0 Å². The number of nitrogens with zero attached hydrogens (tertiary/aromatic N) is 20. The maximum absolute atomic E-state index is 13.1. The normalized spacial score (nSPS) is 15.1. The lowest BCUT2D eigenvalue weighted by Gasteiger charge is -2.24. The first-order chi connectivity index (χ1) is 67.7. The molecule has 5 aliphatic heterocycles. The van der Waals surface area contributed by atoms with Gasteiger partial charge < -0.3 is 50.3 Å². The number of halogens is 7. The summed E-state index contributed by atoms with van der Waals surface area (Å²) in [6.45, 7) is 31.8. The molecule has 0 aliphatic carbocycles. The van der Waals surface area contributed by atoms with Gasteiger partial charge in [-0.3, -0.25) is 0 Å². The number of hydrogen-bond acceptors (Lipinski definition) is 25. The Labute approximate surface area is 845 Å². The molecule has 5 saturated heterocycles. The first kappa shape index (κ1) is 101. The summed E-state index contributed by atoms with van der Waals surface area (Å²) in [6, 6.07) is 57.7. The average Bonchev–Trinajstić information content (AvgIpc) is 1.66. The third-order valence-electron chi connectivity index (χ3n) is 25.0. The minimum atomic E-state index is -4.44. The van der Waals surface area contributed by atoms with Crippen LogP contribution in [-0.2, 0) is 6.18 Å². The van der Waals surface area contributed by atoms with Crippen LogP contribution in [0.15, 0.2) is 200 Å². The van der Waals surface area contributed by atoms with Crippen molar-refractivity contribution in [2.45, 2.75) is 183 Å². The fourth-order valence-corrected chi connectivity index (χ4v) is 19.3. The molecule has 0 spiro atoms. The summed E-state index contributed by atoms with van der Waals surface area (Å²) in [7, 11) is 0. The van der Waals surface area contributed by atoms with Crippen molar-refractivity contribution >= 4 is 63.7 Å². The average molecular weight is 2160 g/mol. The van der Waals surface area contributed by atoms with Crippen LogP contribution < -0.4 is 50.3 Å². The molecule has 37 heteroatoms. The molecular weight excluding hydrogens is 2040 g/mol. The second-order valence-corrected chi connectivity index (χ2v) is 39.0. The van der Waals surface area contributed by atoms with Crippen molar-refractivity contribution < 1.29 is 36.9 Å². The van der Waals surface area contributed by atoms with Crippen LogP contribution in [0.2, 0.25) is 0 Å². The second kappa shape index (κ2) is 47.1. The maximum atomic E-state index is 13.1. The molecule has 0 radical (unpaired) electrons. The van der Waals surface area contributed by atoms with Gasteiger partial charge in [0.25, 0.3) is 0 Å². The van der Waals surface area contributed by atoms with Gasteiger partial charge in [-0.25, -0.2) is 48.3 Å². The number of piperidine rings is 5. The van der Waals surface area contributed by atoms with Crippen LogP contribution in [0, 0.1) is 62.3 Å². The number of benzene rings is 5. The summed E-state index contributed by atoms with van der Waals surface area (Å²) in [4.78, 5) is 23.5. The van der Waals surface area contributed by atoms with E-state index in [0.29, 0.717) is 76.4 Å². The first-order valence-electron chi connectivity index (χ1n) is 47.4. The van der Waals surface area contributed by atoms with E-state index in [1.54, 1.807) is 25.1 Å². The van der Waals surface area contributed by atoms with Crippen LogP contribution in [-0.4, -0.2) is 165 Å². The Balaban J connectivity index is 0.000000126. The summed E-state index contributed by atoms with van der Waals surface area (Å²) in [5.41, 5.74) is 17.3. The van der Waals surface area contributed by atoms with Crippen molar-refractivity contribution in [1.29, 1.82) is 0 Å². The quantitative estimate of drug-likeness (QED) is 0.0446. The lowest BCUT2D eigenvalue weighted by Crippen LogP contribution is -2.30. The molecule has 15 heterocycles. The molecule has 15 aromatic rings. The Morgan fingerprint density at radius 1 is 0.329 bits per heavy atom. The second-order valence-electron chi connectivity index (χ2n) is 35.6. The zero-order chi connectivity index (χ0) is 98.1. The van der Waals surface area contributed by atoms with Crippen molar-refractivity contribution in [2.75, 3.05) is 65.4 Å². The SMILES string of the molecule is Cc1cc(Oc2cccc(-c3c(C)nnn3C3CCNCC3)n2)cc(C(F)(F)F)c1.Cc1cccc(C)c1Oc1cccc(-c2c(C)nnn2C2CCNCC2)n1.Cc1nnn(C2CCNCC2)c1-c1cccc(Oc2cc(Br)ccc2Br)n1.Cc1nnn(C2CCNCC2)c1-c1cccc(Oc2cccc(Br)c2Br)n1.Cc1nnn(C2CCNCC2)c1-c1cccc(Oc2cccc(C(C)C)c2C)n1. The van der Waals surface area contributed by atoms with E-state index in [4.69, 9.17) is 43.6 Å². The number of ether oxygens (including phenoxy) is 5. The predicted molar refractivity (Wildman–Crippen MR) is 547 cm³/mol. The standard InChI is InChI=1S/C23H29N5O.C21H22F3N5O.C21H25N5O.2C19H19Br2N5O/c1-15(2)19-7-5-9-21(16(19)3)29-22-10-6-8-20(25-22)23-17(4)26-27-28(23)18-11-13-24-14-12-18;1-13-10-15(21(22,23)24)12-17(11-13)30-19-5-3-4-18(26-19)20-14(2)27-28-29(20)16-6-8-25-9-7-16;1-14-6-4-7-15(2)21(14)27-19-9-5-8-18(23-19)20-16(3)24-25-26(20)17-10-12-22-13-11-17;1-12-19(26(25-24-12)13-8-10-22-11-9-13)15-5-3-7-17(23-15)27-16-6-2-4-14(20)18(16)21;1-12-19(26(25-24-12)14-7-9-22-10-8-14)16-3-2-4-18(23-16)27-17-11-13(20)5-6-15(17)21/h5-10,15,18,24H,11-14H2,1-4H3;3-5,10-12,16,25H,6-9H2,1-2H3;4-9,17,22H,10-13H2,1-3H3;2-7,13,22H,8-11H2,1H3;2-6,11,14,22H,7-10H2,1H3. The molecule has 5 N–H and O–H groups in total. The summed E-state index contributed by atoms with van der Waals surface area (Å²) in [6.07, 6.45) is 5.79. The number of hydrogen-bond donors (Lipinski definition) is 5. The predicted octanol–water partition coefficient (Wildman–Crippen LogP) is 23.3. The van der Waals surface area contributed by atoms with Gasteiger partial charge >= 0.3 is 6.18 Å². The number of rotatable bonds is 21. The molecule has 0 saturated carbocycles. The van der Waals surface area contributed by atoms with Gasteiger partial charge in [0, 0.05) is 39.3 Å². The third kappa shape index (κ3) is 25.1.